The minimum atomic E-state index is 0.442. The van der Waals surface area contributed by atoms with Gasteiger partial charge in [-0.05, 0) is 43.2 Å². The minimum absolute atomic E-state index is 0.442. The number of hydrogen-bond acceptors (Lipinski definition) is 3. The average Bonchev–Trinajstić information content (AvgIpc) is 2.48. The third-order valence-electron chi connectivity index (χ3n) is 4.19. The van der Waals surface area contributed by atoms with Gasteiger partial charge in [-0.3, -0.25) is 0 Å². The Bertz CT molecular complexity index is 401. The summed E-state index contributed by atoms with van der Waals surface area (Å²) in [5.74, 6) is 0.693. The lowest BCUT2D eigenvalue weighted by atomic mass is 9.94. The van der Waals surface area contributed by atoms with Crippen LogP contribution in [-0.2, 0) is 11.2 Å². The van der Waals surface area contributed by atoms with Crippen LogP contribution in [0.3, 0.4) is 0 Å². The smallest absolute Gasteiger partial charge is 0.0699 e. The molecule has 3 nitrogen and oxygen atoms in total. The van der Waals surface area contributed by atoms with Crippen molar-refractivity contribution in [2.75, 3.05) is 31.6 Å². The van der Waals surface area contributed by atoms with Gasteiger partial charge in [0.25, 0.3) is 0 Å². The molecule has 0 spiro atoms. The van der Waals surface area contributed by atoms with Crippen molar-refractivity contribution < 1.29 is 4.74 Å². The van der Waals surface area contributed by atoms with Crippen LogP contribution in [-0.4, -0.2) is 32.3 Å². The van der Waals surface area contributed by atoms with Crippen molar-refractivity contribution in [3.63, 3.8) is 0 Å². The first-order valence-corrected chi connectivity index (χ1v) is 7.56. The standard InChI is InChI=1S/C16H24N2O/c1-2-7-16-14(5-1)9-13(11-18-16)10-17-12-15-6-3-4-8-19-15/h1-2,5,7,13,15,17-18H,3-4,6,8-12H2. The second-order valence-corrected chi connectivity index (χ2v) is 5.76. The van der Waals surface area contributed by atoms with E-state index in [0.717, 1.165) is 26.2 Å². The van der Waals surface area contributed by atoms with E-state index in [1.807, 2.05) is 0 Å². The molecule has 0 bridgehead atoms. The van der Waals surface area contributed by atoms with Gasteiger partial charge in [0.1, 0.15) is 0 Å². The molecule has 2 unspecified atom stereocenters. The zero-order valence-corrected chi connectivity index (χ0v) is 11.5. The topological polar surface area (TPSA) is 33.3 Å². The van der Waals surface area contributed by atoms with E-state index in [1.165, 1.54) is 36.9 Å². The number of fused-ring (bicyclic) bond motifs is 1. The number of rotatable bonds is 4. The van der Waals surface area contributed by atoms with Gasteiger partial charge in [-0.2, -0.15) is 0 Å². The molecule has 2 heterocycles. The van der Waals surface area contributed by atoms with Crippen LogP contribution in [0, 0.1) is 5.92 Å². The molecule has 0 saturated carbocycles. The fraction of sp³-hybridized carbons (Fsp3) is 0.625. The van der Waals surface area contributed by atoms with E-state index in [-0.39, 0.29) is 0 Å². The van der Waals surface area contributed by atoms with Gasteiger partial charge in [-0.1, -0.05) is 18.2 Å². The summed E-state index contributed by atoms with van der Waals surface area (Å²) >= 11 is 0. The molecule has 3 heteroatoms. The summed E-state index contributed by atoms with van der Waals surface area (Å²) < 4.78 is 5.75. The second kappa shape index (κ2) is 6.40. The summed E-state index contributed by atoms with van der Waals surface area (Å²) in [4.78, 5) is 0. The van der Waals surface area contributed by atoms with Gasteiger partial charge < -0.3 is 15.4 Å². The van der Waals surface area contributed by atoms with Gasteiger partial charge in [0.2, 0.25) is 0 Å². The highest BCUT2D eigenvalue weighted by molar-refractivity contribution is 5.53. The molecular weight excluding hydrogens is 236 g/mol. The van der Waals surface area contributed by atoms with Crippen LogP contribution in [0.1, 0.15) is 24.8 Å². The molecule has 2 aliphatic rings. The summed E-state index contributed by atoms with van der Waals surface area (Å²) in [7, 11) is 0. The molecule has 0 aliphatic carbocycles. The van der Waals surface area contributed by atoms with Gasteiger partial charge >= 0.3 is 0 Å². The van der Waals surface area contributed by atoms with Crippen LogP contribution in [0.15, 0.2) is 24.3 Å². The first-order chi connectivity index (χ1) is 9.42. The second-order valence-electron chi connectivity index (χ2n) is 5.76. The highest BCUT2D eigenvalue weighted by Gasteiger charge is 2.18. The highest BCUT2D eigenvalue weighted by Crippen LogP contribution is 2.23. The van der Waals surface area contributed by atoms with Crippen molar-refractivity contribution in [1.29, 1.82) is 0 Å². The highest BCUT2D eigenvalue weighted by atomic mass is 16.5. The summed E-state index contributed by atoms with van der Waals surface area (Å²) in [6.07, 6.45) is 5.41. The van der Waals surface area contributed by atoms with E-state index in [1.54, 1.807) is 0 Å². The van der Waals surface area contributed by atoms with E-state index in [9.17, 15) is 0 Å². The molecular formula is C16H24N2O. The zero-order chi connectivity index (χ0) is 12.9. The maximum Gasteiger partial charge on any atom is 0.0699 e. The first-order valence-electron chi connectivity index (χ1n) is 7.56. The van der Waals surface area contributed by atoms with Crippen molar-refractivity contribution in [3.05, 3.63) is 29.8 Å². The van der Waals surface area contributed by atoms with Crippen LogP contribution in [0.2, 0.25) is 0 Å². The van der Waals surface area contributed by atoms with Crippen LogP contribution < -0.4 is 10.6 Å². The van der Waals surface area contributed by atoms with E-state index >= 15 is 0 Å². The maximum atomic E-state index is 5.75. The van der Waals surface area contributed by atoms with Gasteiger partial charge in [-0.15, -0.1) is 0 Å². The average molecular weight is 260 g/mol. The lowest BCUT2D eigenvalue weighted by Gasteiger charge is -2.28. The molecule has 19 heavy (non-hydrogen) atoms. The molecule has 2 aliphatic heterocycles. The van der Waals surface area contributed by atoms with Crippen LogP contribution >= 0.6 is 0 Å². The molecule has 0 amide bonds. The normalized spacial score (nSPS) is 26.5. The van der Waals surface area contributed by atoms with E-state index in [0.29, 0.717) is 12.0 Å². The van der Waals surface area contributed by atoms with Crippen molar-refractivity contribution in [3.8, 4) is 0 Å². The Morgan fingerprint density at radius 3 is 3.05 bits per heavy atom. The Kier molecular flexibility index (Phi) is 4.36. The molecule has 1 saturated heterocycles. The monoisotopic (exact) mass is 260 g/mol. The first kappa shape index (κ1) is 12.9. The molecule has 1 aromatic rings. The van der Waals surface area contributed by atoms with Gasteiger partial charge in [-0.25, -0.2) is 0 Å². The molecule has 104 valence electrons. The number of anilines is 1. The quantitative estimate of drug-likeness (QED) is 0.872. The third kappa shape index (κ3) is 3.48. The Labute approximate surface area is 115 Å². The SMILES string of the molecule is c1ccc2c(c1)CC(CNCC1CCCCO1)CN2. The molecule has 2 atom stereocenters. The van der Waals surface area contributed by atoms with Crippen LogP contribution in [0.25, 0.3) is 0 Å². The van der Waals surface area contributed by atoms with Gasteiger partial charge in [0.05, 0.1) is 6.10 Å². The van der Waals surface area contributed by atoms with Crippen molar-refractivity contribution in [2.24, 2.45) is 5.92 Å². The van der Waals surface area contributed by atoms with E-state index < -0.39 is 0 Å². The molecule has 2 N–H and O–H groups in total. The van der Waals surface area contributed by atoms with Crippen LogP contribution in [0.4, 0.5) is 5.69 Å². The number of para-hydroxylation sites is 1. The fourth-order valence-corrected chi connectivity index (χ4v) is 3.07. The largest absolute Gasteiger partial charge is 0.384 e. The maximum absolute atomic E-state index is 5.75. The minimum Gasteiger partial charge on any atom is -0.384 e. The lowest BCUT2D eigenvalue weighted by Crippen LogP contribution is -2.37. The lowest BCUT2D eigenvalue weighted by molar-refractivity contribution is 0.0166. The van der Waals surface area contributed by atoms with E-state index in [2.05, 4.69) is 34.9 Å². The molecule has 0 radical (unpaired) electrons. The number of hydrogen-bond donors (Lipinski definition) is 2. The summed E-state index contributed by atoms with van der Waals surface area (Å²) in [6.45, 7) is 4.12. The van der Waals surface area contributed by atoms with Gasteiger partial charge in [0, 0.05) is 31.9 Å². The summed E-state index contributed by atoms with van der Waals surface area (Å²) in [5, 5.41) is 7.12. The molecule has 0 aromatic heterocycles. The zero-order valence-electron chi connectivity index (χ0n) is 11.5. The summed E-state index contributed by atoms with van der Waals surface area (Å²) in [6, 6.07) is 8.64. The molecule has 3 rings (SSSR count). The van der Waals surface area contributed by atoms with Crippen molar-refractivity contribution in [1.82, 2.24) is 5.32 Å². The number of ether oxygens (including phenoxy) is 1. The van der Waals surface area contributed by atoms with Crippen LogP contribution in [0.5, 0.6) is 0 Å². The van der Waals surface area contributed by atoms with Crippen molar-refractivity contribution >= 4 is 5.69 Å². The molecule has 1 fully saturated rings. The van der Waals surface area contributed by atoms with Crippen molar-refractivity contribution in [2.45, 2.75) is 31.8 Å². The Hall–Kier alpha value is -1.06. The molecule has 1 aromatic carbocycles. The predicted octanol–water partition coefficient (Wildman–Crippen LogP) is 2.43. The Balaban J connectivity index is 1.42. The number of benzene rings is 1. The van der Waals surface area contributed by atoms with E-state index in [4.69, 9.17) is 4.74 Å². The number of nitrogens with one attached hydrogen (secondary N) is 2. The fourth-order valence-electron chi connectivity index (χ4n) is 3.07. The summed E-state index contributed by atoms with van der Waals surface area (Å²) in [5.41, 5.74) is 2.77. The predicted molar refractivity (Wildman–Crippen MR) is 78.6 cm³/mol. The third-order valence-corrected chi connectivity index (χ3v) is 4.19. The van der Waals surface area contributed by atoms with Gasteiger partial charge in [0.15, 0.2) is 0 Å². The Morgan fingerprint density at radius 2 is 2.16 bits per heavy atom. The Morgan fingerprint density at radius 1 is 1.21 bits per heavy atom.